The van der Waals surface area contributed by atoms with E-state index in [2.05, 4.69) is 4.98 Å². The van der Waals surface area contributed by atoms with Crippen molar-refractivity contribution in [1.82, 2.24) is 14.5 Å². The number of carbonyl (C=O) groups is 1. The minimum absolute atomic E-state index is 0.118. The molecular weight excluding hydrogens is 438 g/mol. The fourth-order valence-electron chi connectivity index (χ4n) is 3.47. The number of para-hydroxylation sites is 1. The number of pyridine rings is 1. The van der Waals surface area contributed by atoms with Gasteiger partial charge in [-0.15, -0.1) is 0 Å². The monoisotopic (exact) mass is 461 g/mol. The van der Waals surface area contributed by atoms with E-state index < -0.39 is 5.25 Å². The van der Waals surface area contributed by atoms with Gasteiger partial charge in [0.1, 0.15) is 5.82 Å². The van der Waals surface area contributed by atoms with Crippen LogP contribution in [0.3, 0.4) is 0 Å². The molecule has 0 radical (unpaired) electrons. The van der Waals surface area contributed by atoms with Crippen molar-refractivity contribution < 1.29 is 14.3 Å². The molecule has 7 nitrogen and oxygen atoms in total. The Morgan fingerprint density at radius 1 is 1.03 bits per heavy atom. The van der Waals surface area contributed by atoms with E-state index >= 15 is 0 Å². The topological polar surface area (TPSA) is 83.3 Å². The first-order chi connectivity index (χ1) is 15.9. The van der Waals surface area contributed by atoms with Crippen molar-refractivity contribution in [3.05, 3.63) is 82.3 Å². The highest BCUT2D eigenvalue weighted by molar-refractivity contribution is 8.00. The molecule has 4 aromatic rings. The molecule has 2 aromatic carbocycles. The molecule has 1 unspecified atom stereocenters. The van der Waals surface area contributed by atoms with Crippen LogP contribution in [0, 0.1) is 6.92 Å². The number of hydrogen-bond acceptors (Lipinski definition) is 7. The number of nitrogens with zero attached hydrogens (tertiary/aromatic N) is 3. The fourth-order valence-corrected chi connectivity index (χ4v) is 4.46. The van der Waals surface area contributed by atoms with Gasteiger partial charge in [-0.1, -0.05) is 23.9 Å². The molecule has 0 saturated carbocycles. The number of ketones is 1. The molecule has 0 aliphatic carbocycles. The van der Waals surface area contributed by atoms with Crippen LogP contribution >= 0.6 is 11.8 Å². The first kappa shape index (κ1) is 22.5. The number of aryl methyl sites for hydroxylation is 1. The molecule has 1 atom stereocenters. The van der Waals surface area contributed by atoms with E-state index in [9.17, 15) is 9.59 Å². The number of aromatic nitrogens is 3. The molecule has 4 rings (SSSR count). The number of ether oxygens (including phenoxy) is 2. The van der Waals surface area contributed by atoms with E-state index in [4.69, 9.17) is 14.5 Å². The average Bonchev–Trinajstić information content (AvgIpc) is 2.83. The van der Waals surface area contributed by atoms with Gasteiger partial charge in [-0.25, -0.2) is 14.5 Å². The highest BCUT2D eigenvalue weighted by atomic mass is 32.2. The maximum Gasteiger partial charge on any atom is 0.267 e. The maximum atomic E-state index is 13.4. The molecule has 0 amide bonds. The van der Waals surface area contributed by atoms with E-state index in [1.54, 1.807) is 56.6 Å². The van der Waals surface area contributed by atoms with Crippen LogP contribution in [0.15, 0.2) is 70.7 Å². The lowest BCUT2D eigenvalue weighted by atomic mass is 10.1. The average molecular weight is 462 g/mol. The Balaban J connectivity index is 1.77. The number of thioether (sulfide) groups is 1. The van der Waals surface area contributed by atoms with Crippen molar-refractivity contribution in [3.8, 4) is 17.3 Å². The van der Waals surface area contributed by atoms with Crippen LogP contribution < -0.4 is 15.0 Å². The zero-order chi connectivity index (χ0) is 23.5. The van der Waals surface area contributed by atoms with Gasteiger partial charge >= 0.3 is 0 Å². The molecule has 0 spiro atoms. The van der Waals surface area contributed by atoms with Gasteiger partial charge in [-0.05, 0) is 61.9 Å². The van der Waals surface area contributed by atoms with E-state index in [0.717, 1.165) is 5.56 Å². The largest absolute Gasteiger partial charge is 0.493 e. The summed E-state index contributed by atoms with van der Waals surface area (Å²) < 4.78 is 12.1. The van der Waals surface area contributed by atoms with Crippen LogP contribution in [-0.2, 0) is 0 Å². The maximum absolute atomic E-state index is 13.4. The lowest BCUT2D eigenvalue weighted by Crippen LogP contribution is -2.24. The number of fused-ring (bicyclic) bond motifs is 1. The molecule has 168 valence electrons. The van der Waals surface area contributed by atoms with Crippen LogP contribution in [0.4, 0.5) is 0 Å². The van der Waals surface area contributed by atoms with Crippen molar-refractivity contribution in [3.63, 3.8) is 0 Å². The second kappa shape index (κ2) is 9.46. The molecule has 8 heteroatoms. The quantitative estimate of drug-likeness (QED) is 0.228. The van der Waals surface area contributed by atoms with Crippen LogP contribution in [0.1, 0.15) is 22.8 Å². The Bertz CT molecular complexity index is 1400. The summed E-state index contributed by atoms with van der Waals surface area (Å²) in [6, 6.07) is 15.9. The van der Waals surface area contributed by atoms with Gasteiger partial charge in [0.05, 0.1) is 30.4 Å². The molecule has 2 aromatic heterocycles. The number of Topliss-reactive ketones (excluding diaryl/α,β-unsaturated/α-hetero) is 1. The summed E-state index contributed by atoms with van der Waals surface area (Å²) in [5.41, 5.74) is 1.79. The minimum atomic E-state index is -0.521. The minimum Gasteiger partial charge on any atom is -0.493 e. The number of methoxy groups -OCH3 is 2. The predicted octanol–water partition coefficient (Wildman–Crippen LogP) is 4.47. The summed E-state index contributed by atoms with van der Waals surface area (Å²) in [5, 5.41) is 0.370. The number of rotatable bonds is 7. The van der Waals surface area contributed by atoms with Gasteiger partial charge in [0, 0.05) is 11.8 Å². The number of carbonyl (C=O) groups excluding carboxylic acids is 1. The molecule has 2 heterocycles. The van der Waals surface area contributed by atoms with Crippen LogP contribution in [0.25, 0.3) is 16.7 Å². The predicted molar refractivity (Wildman–Crippen MR) is 129 cm³/mol. The molecule has 0 fully saturated rings. The second-order valence-electron chi connectivity index (χ2n) is 7.44. The lowest BCUT2D eigenvalue weighted by molar-refractivity contribution is 0.0993. The molecule has 0 bridgehead atoms. The van der Waals surface area contributed by atoms with Gasteiger partial charge in [0.15, 0.2) is 22.4 Å². The Morgan fingerprint density at radius 2 is 1.79 bits per heavy atom. The first-order valence-corrected chi connectivity index (χ1v) is 11.2. The van der Waals surface area contributed by atoms with Crippen molar-refractivity contribution in [1.29, 1.82) is 0 Å². The summed E-state index contributed by atoms with van der Waals surface area (Å²) in [5.74, 6) is 1.37. The number of hydrogen-bond donors (Lipinski definition) is 0. The Labute approximate surface area is 195 Å². The third-order valence-electron chi connectivity index (χ3n) is 5.19. The van der Waals surface area contributed by atoms with E-state index in [1.807, 2.05) is 25.1 Å². The Hall–Kier alpha value is -3.65. The van der Waals surface area contributed by atoms with Gasteiger partial charge in [0.25, 0.3) is 5.56 Å². The molecule has 0 aliphatic heterocycles. The highest BCUT2D eigenvalue weighted by Crippen LogP contribution is 2.31. The molecule has 0 N–H and O–H groups in total. The normalized spacial score (nSPS) is 11.9. The summed E-state index contributed by atoms with van der Waals surface area (Å²) in [7, 11) is 3.07. The summed E-state index contributed by atoms with van der Waals surface area (Å²) in [6.07, 6.45) is 1.65. The zero-order valence-electron chi connectivity index (χ0n) is 18.7. The Morgan fingerprint density at radius 3 is 2.52 bits per heavy atom. The summed E-state index contributed by atoms with van der Waals surface area (Å²) >= 11 is 1.22. The van der Waals surface area contributed by atoms with Gasteiger partial charge < -0.3 is 9.47 Å². The van der Waals surface area contributed by atoms with Gasteiger partial charge in [-0.3, -0.25) is 9.59 Å². The Kier molecular flexibility index (Phi) is 6.46. The summed E-state index contributed by atoms with van der Waals surface area (Å²) in [4.78, 5) is 35.7. The SMILES string of the molecule is COc1ccc(C(=O)C(C)Sc2nc3ccccc3c(=O)n2-c2cc(C)ccn2)cc1OC. The van der Waals surface area contributed by atoms with Crippen molar-refractivity contribution in [2.24, 2.45) is 0 Å². The standard InChI is InChI=1S/C25H23N3O4S/c1-15-11-12-26-22(13-15)28-24(30)18-7-5-6-8-19(18)27-25(28)33-16(2)23(29)17-9-10-20(31-3)21(14-17)32-4/h5-14,16H,1-4H3. The van der Waals surface area contributed by atoms with E-state index in [-0.39, 0.29) is 11.3 Å². The third-order valence-corrected chi connectivity index (χ3v) is 6.25. The molecule has 0 aliphatic rings. The molecule has 33 heavy (non-hydrogen) atoms. The van der Waals surface area contributed by atoms with Crippen LogP contribution in [0.2, 0.25) is 0 Å². The fraction of sp³-hybridized carbons (Fsp3) is 0.200. The van der Waals surface area contributed by atoms with Gasteiger partial charge in [0.2, 0.25) is 0 Å². The zero-order valence-corrected chi connectivity index (χ0v) is 19.6. The highest BCUT2D eigenvalue weighted by Gasteiger charge is 2.23. The second-order valence-corrected chi connectivity index (χ2v) is 8.75. The van der Waals surface area contributed by atoms with Crippen LogP contribution in [-0.4, -0.2) is 39.8 Å². The smallest absolute Gasteiger partial charge is 0.267 e. The summed E-state index contributed by atoms with van der Waals surface area (Å²) in [6.45, 7) is 3.72. The van der Waals surface area contributed by atoms with E-state index in [0.29, 0.717) is 38.9 Å². The molecule has 0 saturated heterocycles. The molecular formula is C25H23N3O4S. The van der Waals surface area contributed by atoms with Crippen molar-refractivity contribution >= 4 is 28.4 Å². The number of benzene rings is 2. The lowest BCUT2D eigenvalue weighted by Gasteiger charge is -2.16. The van der Waals surface area contributed by atoms with Gasteiger partial charge in [-0.2, -0.15) is 0 Å². The van der Waals surface area contributed by atoms with E-state index in [1.165, 1.54) is 23.4 Å². The van der Waals surface area contributed by atoms with Crippen molar-refractivity contribution in [2.75, 3.05) is 14.2 Å². The first-order valence-electron chi connectivity index (χ1n) is 10.3. The van der Waals surface area contributed by atoms with Crippen molar-refractivity contribution in [2.45, 2.75) is 24.3 Å². The van der Waals surface area contributed by atoms with Crippen LogP contribution in [0.5, 0.6) is 11.5 Å². The third kappa shape index (κ3) is 4.47.